The number of esters is 1. The molecule has 11 rings (SSSR count). The van der Waals surface area contributed by atoms with Crippen molar-refractivity contribution in [3.8, 4) is 11.8 Å². The zero-order chi connectivity index (χ0) is 48.4. The summed E-state index contributed by atoms with van der Waals surface area (Å²) in [4.78, 5) is 28.9. The molecule has 9 aliphatic carbocycles. The summed E-state index contributed by atoms with van der Waals surface area (Å²) >= 11 is 0. The molecular formula is C59H83NO9. The molecule has 10 heteroatoms. The molecular weight excluding hydrogens is 867 g/mol. The minimum absolute atomic E-state index is 0.101. The van der Waals surface area contributed by atoms with E-state index in [-0.39, 0.29) is 49.9 Å². The van der Waals surface area contributed by atoms with Crippen molar-refractivity contribution in [2.45, 2.75) is 203 Å². The Bertz CT molecular complexity index is 2260. The molecule has 10 aliphatic rings. The third-order valence-electron chi connectivity index (χ3n) is 23.5. The van der Waals surface area contributed by atoms with Gasteiger partial charge in [0.25, 0.3) is 0 Å². The van der Waals surface area contributed by atoms with Crippen molar-refractivity contribution in [3.05, 3.63) is 46.5 Å². The van der Waals surface area contributed by atoms with Gasteiger partial charge in [-0.25, -0.2) is 4.79 Å². The summed E-state index contributed by atoms with van der Waals surface area (Å²) in [7, 11) is 1.91. The lowest BCUT2D eigenvalue weighted by Crippen LogP contribution is -2.82. The summed E-state index contributed by atoms with van der Waals surface area (Å²) in [5.74, 6) is 5.60. The van der Waals surface area contributed by atoms with E-state index in [0.29, 0.717) is 81.1 Å². The Kier molecular flexibility index (Phi) is 12.3. The summed E-state index contributed by atoms with van der Waals surface area (Å²) in [6, 6.07) is 5.61. The van der Waals surface area contributed by atoms with Crippen molar-refractivity contribution in [1.82, 2.24) is 5.32 Å². The number of rotatable bonds is 10. The van der Waals surface area contributed by atoms with Crippen molar-refractivity contribution < 1.29 is 45.0 Å². The maximum absolute atomic E-state index is 15.0. The molecule has 69 heavy (non-hydrogen) atoms. The van der Waals surface area contributed by atoms with E-state index >= 15 is 4.79 Å². The van der Waals surface area contributed by atoms with Crippen LogP contribution in [0.3, 0.4) is 0 Å². The fraction of sp³-hybridized carbons (Fsp3) is 0.797. The fourth-order valence-corrected chi connectivity index (χ4v) is 20.5. The van der Waals surface area contributed by atoms with Crippen LogP contribution >= 0.6 is 0 Å². The number of hydrogen-bond acceptors (Lipinski definition) is 10. The number of carbonyl (C=O) groups excluding carboxylic acids is 2. The number of aliphatic hydroxyl groups is 6. The monoisotopic (exact) mass is 950 g/mol. The number of likely N-dealkylation sites (N-methyl/N-ethyl adjacent to an activating group) is 1. The molecule has 7 N–H and O–H groups in total. The lowest BCUT2D eigenvalue weighted by molar-refractivity contribution is -0.358. The molecule has 8 fully saturated rings. The molecule has 0 amide bonds. The van der Waals surface area contributed by atoms with Gasteiger partial charge in [0.2, 0.25) is 0 Å². The molecule has 10 nitrogen and oxygen atoms in total. The average Bonchev–Trinajstić information content (AvgIpc) is 4.14. The number of unbranched alkanes of at least 4 members (excludes halogenated alkanes) is 2. The second-order valence-electron chi connectivity index (χ2n) is 25.4. The zero-order valence-corrected chi connectivity index (χ0v) is 41.9. The van der Waals surface area contributed by atoms with E-state index in [1.807, 2.05) is 25.2 Å². The SMILES string of the molecule is CCCCCC1CCC2(C1)CC1(C=O)C3CCC45CCC#Cc6cccc(CO)c6CC(NC)C6CC(CC4(O)C3(O)CC3CC(C(C)C4CCCC4)CCC(C2O)C31O)C5(CO)C1=CC(=O)OC16. The predicted octanol–water partition coefficient (Wildman–Crippen LogP) is 7.49. The van der Waals surface area contributed by atoms with E-state index in [1.165, 1.54) is 32.1 Å². The number of fused-ring (bicyclic) bond motifs is 7. The first kappa shape index (κ1) is 48.6. The van der Waals surface area contributed by atoms with Gasteiger partial charge in [-0.15, -0.1) is 0 Å². The van der Waals surface area contributed by atoms with Crippen molar-refractivity contribution in [3.63, 3.8) is 0 Å². The first-order chi connectivity index (χ1) is 33.2. The largest absolute Gasteiger partial charge is 0.454 e. The van der Waals surface area contributed by atoms with Crippen LogP contribution in [0.4, 0.5) is 0 Å². The number of nitrogens with one attached hydrogen (secondary N) is 1. The highest BCUT2D eigenvalue weighted by Gasteiger charge is 2.87. The molecule has 1 aromatic carbocycles. The molecule has 378 valence electrons. The zero-order valence-electron chi connectivity index (χ0n) is 41.9. The standard InChI is InChI=1S/C59H83NO9/c1-4-5-6-12-37-20-23-53(29-37)33-54(34-62)49-21-24-55-22-10-9-15-39-16-11-17-41(32-61)44(39)27-48(60-3)45-26-42(56(55,35-63)47-28-50(64)69-51(45)47)31-58(55,67)57(49,66)30-43-25-40(36(2)38-13-7-8-14-38)18-19-46(52(53)65)59(43,54)68/h11,16-17,28,34,36-38,40,42-43,45-46,48-49,51-52,60-61,63,65-68H,4-8,10,12-14,18-27,29-33,35H2,1-3H3. The predicted molar refractivity (Wildman–Crippen MR) is 262 cm³/mol. The normalized spacial score (nSPS) is 48.0. The fourth-order valence-electron chi connectivity index (χ4n) is 20.5. The lowest BCUT2D eigenvalue weighted by atomic mass is 9.33. The molecule has 2 spiro atoms. The van der Waals surface area contributed by atoms with E-state index in [0.717, 1.165) is 67.9 Å². The Morgan fingerprint density at radius 1 is 0.942 bits per heavy atom. The van der Waals surface area contributed by atoms with Crippen LogP contribution in [0.15, 0.2) is 29.8 Å². The van der Waals surface area contributed by atoms with Gasteiger partial charge in [-0.3, -0.25) is 0 Å². The molecule has 0 radical (unpaired) electrons. The van der Waals surface area contributed by atoms with E-state index in [9.17, 15) is 35.4 Å². The highest BCUT2D eigenvalue weighted by atomic mass is 16.5. The summed E-state index contributed by atoms with van der Waals surface area (Å²) in [5, 5.41) is 83.2. The molecule has 1 aromatic rings. The molecule has 4 bridgehead atoms. The van der Waals surface area contributed by atoms with Crippen molar-refractivity contribution >= 4 is 12.3 Å². The molecule has 18 atom stereocenters. The Hall–Kier alpha value is -2.62. The Balaban J connectivity index is 1.09. The molecule has 0 saturated heterocycles. The van der Waals surface area contributed by atoms with E-state index in [4.69, 9.17) is 4.74 Å². The molecule has 1 aliphatic heterocycles. The minimum atomic E-state index is -1.86. The third-order valence-corrected chi connectivity index (χ3v) is 23.5. The van der Waals surface area contributed by atoms with Gasteiger partial charge in [-0.1, -0.05) is 89.2 Å². The Morgan fingerprint density at radius 3 is 2.49 bits per heavy atom. The molecule has 18 unspecified atom stereocenters. The Morgan fingerprint density at radius 2 is 1.75 bits per heavy atom. The number of ether oxygens (including phenoxy) is 1. The lowest BCUT2D eigenvalue weighted by Gasteiger charge is -2.74. The summed E-state index contributed by atoms with van der Waals surface area (Å²) < 4.78 is 6.36. The average molecular weight is 950 g/mol. The van der Waals surface area contributed by atoms with Crippen LogP contribution in [0, 0.1) is 86.8 Å². The number of benzene rings is 1. The van der Waals surface area contributed by atoms with Crippen LogP contribution < -0.4 is 5.32 Å². The molecule has 0 aromatic heterocycles. The van der Waals surface area contributed by atoms with Gasteiger partial charge in [-0.2, -0.15) is 0 Å². The number of aldehydes is 1. The van der Waals surface area contributed by atoms with Crippen LogP contribution in [0.25, 0.3) is 0 Å². The second-order valence-corrected chi connectivity index (χ2v) is 25.4. The number of hydrogen-bond donors (Lipinski definition) is 7. The van der Waals surface area contributed by atoms with Gasteiger partial charge >= 0.3 is 5.97 Å². The van der Waals surface area contributed by atoms with Crippen LogP contribution in [0.2, 0.25) is 0 Å². The van der Waals surface area contributed by atoms with Gasteiger partial charge in [0, 0.05) is 52.7 Å². The van der Waals surface area contributed by atoms with Gasteiger partial charge in [0.05, 0.1) is 35.9 Å². The van der Waals surface area contributed by atoms with Gasteiger partial charge in [0.15, 0.2) is 0 Å². The van der Waals surface area contributed by atoms with Crippen LogP contribution in [-0.4, -0.2) is 91.6 Å². The highest BCUT2D eigenvalue weighted by molar-refractivity contribution is 5.87. The quantitative estimate of drug-likeness (QED) is 0.0539. The van der Waals surface area contributed by atoms with Crippen LogP contribution in [0.1, 0.15) is 172 Å². The number of aliphatic hydroxyl groups excluding tert-OH is 3. The minimum Gasteiger partial charge on any atom is -0.454 e. The summed E-state index contributed by atoms with van der Waals surface area (Å²) in [6.45, 7) is 4.13. The molecule has 1 heterocycles. The van der Waals surface area contributed by atoms with E-state index in [2.05, 4.69) is 31.0 Å². The third kappa shape index (κ3) is 6.48. The maximum atomic E-state index is 15.0. The van der Waals surface area contributed by atoms with Crippen LogP contribution in [0.5, 0.6) is 0 Å². The summed E-state index contributed by atoms with van der Waals surface area (Å²) in [5.41, 5.74) is -6.33. The Labute approximate surface area is 411 Å². The highest BCUT2D eigenvalue weighted by Crippen LogP contribution is 2.82. The first-order valence-electron chi connectivity index (χ1n) is 27.9. The van der Waals surface area contributed by atoms with Gasteiger partial charge < -0.3 is 45.5 Å². The first-order valence-corrected chi connectivity index (χ1v) is 27.9. The molecule has 8 saturated carbocycles. The van der Waals surface area contributed by atoms with E-state index in [1.54, 1.807) is 6.08 Å². The van der Waals surface area contributed by atoms with Gasteiger partial charge in [0.1, 0.15) is 18.0 Å². The smallest absolute Gasteiger partial charge is 0.331 e. The van der Waals surface area contributed by atoms with Crippen LogP contribution in [-0.2, 0) is 27.4 Å². The maximum Gasteiger partial charge on any atom is 0.331 e. The van der Waals surface area contributed by atoms with E-state index < -0.39 is 74.4 Å². The second kappa shape index (κ2) is 17.5. The van der Waals surface area contributed by atoms with Gasteiger partial charge in [-0.05, 0) is 161 Å². The topological polar surface area (TPSA) is 177 Å². The number of carbonyl (C=O) groups is 2. The van der Waals surface area contributed by atoms with Crippen molar-refractivity contribution in [2.75, 3.05) is 13.7 Å². The summed E-state index contributed by atoms with van der Waals surface area (Å²) in [6.07, 6.45) is 18.2. The van der Waals surface area contributed by atoms with Crippen molar-refractivity contribution in [1.29, 1.82) is 0 Å². The van der Waals surface area contributed by atoms with Crippen molar-refractivity contribution in [2.24, 2.45) is 74.9 Å².